The fourth-order valence-corrected chi connectivity index (χ4v) is 3.58. The molecule has 0 aliphatic rings. The molecule has 0 fully saturated rings. The highest BCUT2D eigenvalue weighted by molar-refractivity contribution is 6.04. The Bertz CT molecular complexity index is 1460. The molecule has 2 heterocycles. The Morgan fingerprint density at radius 2 is 1.47 bits per heavy atom. The number of aromatic nitrogens is 2. The van der Waals surface area contributed by atoms with Crippen molar-refractivity contribution in [3.63, 3.8) is 0 Å². The molecule has 0 saturated carbocycles. The van der Waals surface area contributed by atoms with E-state index in [-0.39, 0.29) is 11.7 Å². The first-order valence-electron chi connectivity index (χ1n) is 10.6. The smallest absolute Gasteiger partial charge is 0.255 e. The van der Waals surface area contributed by atoms with Gasteiger partial charge in [0.2, 0.25) is 0 Å². The summed E-state index contributed by atoms with van der Waals surface area (Å²) in [6, 6.07) is 22.9. The number of amides is 1. The van der Waals surface area contributed by atoms with Crippen LogP contribution in [0.1, 0.15) is 10.4 Å². The zero-order valence-corrected chi connectivity index (χ0v) is 18.0. The number of hydrogen-bond donors (Lipinski definition) is 3. The Morgan fingerprint density at radius 1 is 0.706 bits per heavy atom. The fourth-order valence-electron chi connectivity index (χ4n) is 3.58. The summed E-state index contributed by atoms with van der Waals surface area (Å²) in [6.45, 7) is 0. The number of anilines is 5. The Morgan fingerprint density at radius 3 is 2.29 bits per heavy atom. The number of nitrogens with zero attached hydrogens (tertiary/aromatic N) is 2. The van der Waals surface area contributed by atoms with Crippen molar-refractivity contribution in [1.29, 1.82) is 0 Å². The van der Waals surface area contributed by atoms with Gasteiger partial charge in [-0.05, 0) is 72.8 Å². The van der Waals surface area contributed by atoms with Gasteiger partial charge >= 0.3 is 0 Å². The standard InChI is InChI=1S/C27H20FN5O/c28-20-7-4-19-16-30-17-26(25(19)14-20)32-21-8-5-18(6-9-21)27(34)33-24-3-1-2-23(15-24)31-22-10-12-29-13-11-22/h1-17,32H,(H,29,31)(H,33,34). The molecule has 2 aromatic heterocycles. The van der Waals surface area contributed by atoms with Crippen LogP contribution in [-0.4, -0.2) is 15.9 Å². The molecule has 0 bridgehead atoms. The number of benzene rings is 3. The zero-order chi connectivity index (χ0) is 23.3. The van der Waals surface area contributed by atoms with Crippen LogP contribution in [0.15, 0.2) is 104 Å². The summed E-state index contributed by atoms with van der Waals surface area (Å²) in [5.41, 5.74) is 4.40. The lowest BCUT2D eigenvalue weighted by atomic mass is 10.1. The molecule has 0 radical (unpaired) electrons. The highest BCUT2D eigenvalue weighted by Crippen LogP contribution is 2.26. The van der Waals surface area contributed by atoms with Crippen LogP contribution in [0.5, 0.6) is 0 Å². The minimum absolute atomic E-state index is 0.221. The van der Waals surface area contributed by atoms with Crippen molar-refractivity contribution in [3.8, 4) is 0 Å². The molecular weight excluding hydrogens is 429 g/mol. The number of carbonyl (C=O) groups excluding carboxylic acids is 1. The first kappa shape index (κ1) is 21.1. The molecule has 5 rings (SSSR count). The van der Waals surface area contributed by atoms with E-state index in [1.165, 1.54) is 12.1 Å². The van der Waals surface area contributed by atoms with Gasteiger partial charge in [0.25, 0.3) is 5.91 Å². The average Bonchev–Trinajstić information content (AvgIpc) is 2.86. The summed E-state index contributed by atoms with van der Waals surface area (Å²) < 4.78 is 13.7. The average molecular weight is 449 g/mol. The highest BCUT2D eigenvalue weighted by Gasteiger charge is 2.08. The minimum Gasteiger partial charge on any atom is -0.355 e. The maximum Gasteiger partial charge on any atom is 0.255 e. The van der Waals surface area contributed by atoms with Gasteiger partial charge in [-0.25, -0.2) is 4.39 Å². The molecule has 0 aliphatic heterocycles. The highest BCUT2D eigenvalue weighted by atomic mass is 19.1. The SMILES string of the molecule is O=C(Nc1cccc(Nc2ccncc2)c1)c1ccc(Nc2cncc3ccc(F)cc23)cc1. The number of rotatable bonds is 6. The third-order valence-electron chi connectivity index (χ3n) is 5.24. The van der Waals surface area contributed by atoms with Gasteiger partial charge in [-0.3, -0.25) is 14.8 Å². The molecule has 0 atom stereocenters. The van der Waals surface area contributed by atoms with Gasteiger partial charge in [-0.15, -0.1) is 0 Å². The third-order valence-corrected chi connectivity index (χ3v) is 5.24. The second kappa shape index (κ2) is 9.38. The van der Waals surface area contributed by atoms with E-state index < -0.39 is 0 Å². The summed E-state index contributed by atoms with van der Waals surface area (Å²) in [6.07, 6.45) is 6.76. The van der Waals surface area contributed by atoms with E-state index in [9.17, 15) is 9.18 Å². The minimum atomic E-state index is -0.311. The van der Waals surface area contributed by atoms with Crippen molar-refractivity contribution in [2.24, 2.45) is 0 Å². The summed E-state index contributed by atoms with van der Waals surface area (Å²) in [7, 11) is 0. The predicted molar refractivity (Wildman–Crippen MR) is 133 cm³/mol. The number of fused-ring (bicyclic) bond motifs is 1. The molecule has 34 heavy (non-hydrogen) atoms. The Hall–Kier alpha value is -4.78. The molecule has 3 aromatic carbocycles. The van der Waals surface area contributed by atoms with Crippen LogP contribution in [-0.2, 0) is 0 Å². The van der Waals surface area contributed by atoms with Crippen molar-refractivity contribution in [2.45, 2.75) is 0 Å². The van der Waals surface area contributed by atoms with Crippen molar-refractivity contribution in [1.82, 2.24) is 9.97 Å². The topological polar surface area (TPSA) is 78.9 Å². The molecule has 7 heteroatoms. The van der Waals surface area contributed by atoms with Crippen molar-refractivity contribution in [2.75, 3.05) is 16.0 Å². The maximum atomic E-state index is 13.7. The van der Waals surface area contributed by atoms with Gasteiger partial charge in [-0.1, -0.05) is 6.07 Å². The third kappa shape index (κ3) is 4.83. The molecule has 3 N–H and O–H groups in total. The van der Waals surface area contributed by atoms with Gasteiger partial charge in [0.1, 0.15) is 5.82 Å². The van der Waals surface area contributed by atoms with E-state index in [1.54, 1.807) is 55.1 Å². The van der Waals surface area contributed by atoms with Gasteiger partial charge in [0.05, 0.1) is 11.9 Å². The number of carbonyl (C=O) groups is 1. The first-order valence-corrected chi connectivity index (χ1v) is 10.6. The summed E-state index contributed by atoms with van der Waals surface area (Å²) >= 11 is 0. The Labute approximate surface area is 195 Å². The maximum absolute atomic E-state index is 13.7. The van der Waals surface area contributed by atoms with Gasteiger partial charge in [0.15, 0.2) is 0 Å². The molecular formula is C27H20FN5O. The van der Waals surface area contributed by atoms with Crippen LogP contribution in [0.3, 0.4) is 0 Å². The number of pyridine rings is 2. The van der Waals surface area contributed by atoms with E-state index >= 15 is 0 Å². The van der Waals surface area contributed by atoms with E-state index in [2.05, 4.69) is 25.9 Å². The molecule has 6 nitrogen and oxygen atoms in total. The van der Waals surface area contributed by atoms with Crippen LogP contribution < -0.4 is 16.0 Å². The largest absolute Gasteiger partial charge is 0.355 e. The van der Waals surface area contributed by atoms with Crippen molar-refractivity contribution >= 4 is 45.1 Å². The molecule has 0 spiro atoms. The predicted octanol–water partition coefficient (Wildman–Crippen LogP) is 6.51. The van der Waals surface area contributed by atoms with E-state index in [0.717, 1.165) is 27.8 Å². The van der Waals surface area contributed by atoms with Crippen LogP contribution in [0, 0.1) is 5.82 Å². The number of halogens is 1. The quantitative estimate of drug-likeness (QED) is 0.275. The molecule has 0 saturated heterocycles. The second-order valence-corrected chi connectivity index (χ2v) is 7.65. The number of nitrogens with one attached hydrogen (secondary N) is 3. The lowest BCUT2D eigenvalue weighted by molar-refractivity contribution is 0.102. The van der Waals surface area contributed by atoms with E-state index in [0.29, 0.717) is 16.9 Å². The van der Waals surface area contributed by atoms with E-state index in [1.807, 2.05) is 36.4 Å². The zero-order valence-electron chi connectivity index (χ0n) is 18.0. The van der Waals surface area contributed by atoms with Gasteiger partial charge in [0, 0.05) is 57.7 Å². The van der Waals surface area contributed by atoms with Crippen LogP contribution in [0.2, 0.25) is 0 Å². The van der Waals surface area contributed by atoms with Crippen LogP contribution in [0.4, 0.5) is 32.8 Å². The summed E-state index contributed by atoms with van der Waals surface area (Å²) in [5.74, 6) is -0.532. The molecule has 1 amide bonds. The summed E-state index contributed by atoms with van der Waals surface area (Å²) in [5, 5.41) is 11.0. The first-order chi connectivity index (χ1) is 16.6. The van der Waals surface area contributed by atoms with Gasteiger partial charge in [-0.2, -0.15) is 0 Å². The van der Waals surface area contributed by atoms with Gasteiger partial charge < -0.3 is 16.0 Å². The van der Waals surface area contributed by atoms with Crippen molar-refractivity contribution < 1.29 is 9.18 Å². The van der Waals surface area contributed by atoms with Crippen molar-refractivity contribution in [3.05, 3.63) is 115 Å². The lowest BCUT2D eigenvalue weighted by Crippen LogP contribution is -2.11. The molecule has 0 unspecified atom stereocenters. The normalized spacial score (nSPS) is 10.6. The molecule has 166 valence electrons. The van der Waals surface area contributed by atoms with E-state index in [4.69, 9.17) is 0 Å². The lowest BCUT2D eigenvalue weighted by Gasteiger charge is -2.11. The number of hydrogen-bond acceptors (Lipinski definition) is 5. The fraction of sp³-hybridized carbons (Fsp3) is 0. The molecule has 0 aliphatic carbocycles. The Balaban J connectivity index is 1.27. The van der Waals surface area contributed by atoms with Crippen LogP contribution >= 0.6 is 0 Å². The van der Waals surface area contributed by atoms with Crippen LogP contribution in [0.25, 0.3) is 10.8 Å². The monoisotopic (exact) mass is 449 g/mol. The second-order valence-electron chi connectivity index (χ2n) is 7.65. The Kier molecular flexibility index (Phi) is 5.82. The molecule has 5 aromatic rings. The summed E-state index contributed by atoms with van der Waals surface area (Å²) in [4.78, 5) is 21.0.